The Kier molecular flexibility index (Phi) is 65.5. The Balaban J connectivity index is 4.09. The fourth-order valence-corrected chi connectivity index (χ4v) is 11.3. The minimum Gasteiger partial charge on any atom is -0.462 e. The first-order valence-electron chi connectivity index (χ1n) is 35.5. The van der Waals surface area contributed by atoms with Crippen LogP contribution in [-0.2, 0) is 28.6 Å². The van der Waals surface area contributed by atoms with Gasteiger partial charge in [-0.15, -0.1) is 0 Å². The maximum atomic E-state index is 12.9. The van der Waals surface area contributed by atoms with Gasteiger partial charge in [-0.2, -0.15) is 0 Å². The highest BCUT2D eigenvalue weighted by atomic mass is 16.6. The molecule has 0 spiro atoms. The van der Waals surface area contributed by atoms with Gasteiger partial charge in [0, 0.05) is 19.3 Å². The van der Waals surface area contributed by atoms with Crippen LogP contribution in [0, 0.1) is 0 Å². The smallest absolute Gasteiger partial charge is 0.306 e. The Morgan fingerprint density at radius 1 is 0.208 bits per heavy atom. The quantitative estimate of drug-likeness (QED) is 0.0343. The molecule has 0 N–H and O–H groups in total. The zero-order valence-corrected chi connectivity index (χ0v) is 52.8. The van der Waals surface area contributed by atoms with E-state index in [0.29, 0.717) is 19.3 Å². The summed E-state index contributed by atoms with van der Waals surface area (Å²) in [5.74, 6) is -0.822. The molecule has 6 nitrogen and oxygen atoms in total. The number of carbonyl (C=O) groups excluding carboxylic acids is 3. The van der Waals surface area contributed by atoms with Crippen LogP contribution >= 0.6 is 0 Å². The summed E-state index contributed by atoms with van der Waals surface area (Å²) in [6, 6.07) is 0. The van der Waals surface area contributed by atoms with Crippen molar-refractivity contribution in [2.75, 3.05) is 13.2 Å². The summed E-state index contributed by atoms with van der Waals surface area (Å²) in [5.41, 5.74) is 0. The average molecular weight is 1090 g/mol. The molecule has 0 aromatic rings. The van der Waals surface area contributed by atoms with Gasteiger partial charge in [-0.1, -0.05) is 380 Å². The maximum absolute atomic E-state index is 12.9. The summed E-state index contributed by atoms with van der Waals surface area (Å²) in [5, 5.41) is 0. The second kappa shape index (κ2) is 66.9. The van der Waals surface area contributed by atoms with E-state index in [9.17, 15) is 14.4 Å². The summed E-state index contributed by atoms with van der Waals surface area (Å²) in [6.07, 6.45) is 78.6. The van der Waals surface area contributed by atoms with Crippen LogP contribution in [0.15, 0.2) is 0 Å². The third-order valence-corrected chi connectivity index (χ3v) is 16.6. The SMILES string of the molecule is CCCCCCCCCCCCCCCCCCCCCCCCCCCCCCCCC(=O)OCC(COC(=O)CCCCCCCCCCCCCCC)OC(=O)CCCCCCCCCCCCCCCCCC. The van der Waals surface area contributed by atoms with Gasteiger partial charge in [0.15, 0.2) is 6.10 Å². The molecule has 0 bridgehead atoms. The lowest BCUT2D eigenvalue weighted by Crippen LogP contribution is -2.30. The number of unbranched alkanes of at least 4 members (excludes halogenated alkanes) is 56. The van der Waals surface area contributed by atoms with Gasteiger partial charge < -0.3 is 14.2 Å². The zero-order valence-electron chi connectivity index (χ0n) is 52.8. The van der Waals surface area contributed by atoms with E-state index in [1.807, 2.05) is 0 Å². The number of carbonyl (C=O) groups is 3. The maximum Gasteiger partial charge on any atom is 0.306 e. The zero-order chi connectivity index (χ0) is 55.7. The molecule has 1 atom stereocenters. The molecule has 0 radical (unpaired) electrons. The first-order valence-corrected chi connectivity index (χ1v) is 35.5. The first kappa shape index (κ1) is 75.4. The summed E-state index contributed by atoms with van der Waals surface area (Å²) >= 11 is 0. The Morgan fingerprint density at radius 3 is 0.519 bits per heavy atom. The van der Waals surface area contributed by atoms with Crippen LogP contribution in [0.4, 0.5) is 0 Å². The van der Waals surface area contributed by atoms with Crippen molar-refractivity contribution in [3.05, 3.63) is 0 Å². The molecular weight excluding hydrogens is 949 g/mol. The lowest BCUT2D eigenvalue weighted by molar-refractivity contribution is -0.167. The van der Waals surface area contributed by atoms with Crippen molar-refractivity contribution >= 4 is 17.9 Å². The minimum absolute atomic E-state index is 0.0604. The van der Waals surface area contributed by atoms with Gasteiger partial charge in [-0.3, -0.25) is 14.4 Å². The Labute approximate surface area is 482 Å². The predicted octanol–water partition coefficient (Wildman–Crippen LogP) is 24.2. The molecule has 0 aliphatic carbocycles. The van der Waals surface area contributed by atoms with Gasteiger partial charge in [-0.05, 0) is 19.3 Å². The lowest BCUT2D eigenvalue weighted by Gasteiger charge is -2.18. The molecule has 6 heteroatoms. The van der Waals surface area contributed by atoms with Crippen LogP contribution in [0.2, 0.25) is 0 Å². The lowest BCUT2D eigenvalue weighted by atomic mass is 10.0. The molecule has 0 aliphatic rings. The second-order valence-electron chi connectivity index (χ2n) is 24.5. The van der Waals surface area contributed by atoms with Crippen molar-refractivity contribution in [1.29, 1.82) is 0 Å². The molecule has 0 heterocycles. The van der Waals surface area contributed by atoms with Gasteiger partial charge in [-0.25, -0.2) is 0 Å². The molecule has 0 aliphatic heterocycles. The molecule has 0 aromatic heterocycles. The van der Waals surface area contributed by atoms with Gasteiger partial charge >= 0.3 is 17.9 Å². The van der Waals surface area contributed by atoms with Crippen molar-refractivity contribution in [3.63, 3.8) is 0 Å². The fraction of sp³-hybridized carbons (Fsp3) is 0.958. The predicted molar refractivity (Wildman–Crippen MR) is 335 cm³/mol. The van der Waals surface area contributed by atoms with E-state index in [2.05, 4.69) is 20.8 Å². The normalized spacial score (nSPS) is 11.9. The Morgan fingerprint density at radius 2 is 0.351 bits per heavy atom. The summed E-state index contributed by atoms with van der Waals surface area (Å²) < 4.78 is 17.0. The van der Waals surface area contributed by atoms with E-state index in [-0.39, 0.29) is 31.1 Å². The van der Waals surface area contributed by atoms with E-state index in [0.717, 1.165) is 57.8 Å². The highest BCUT2D eigenvalue weighted by Gasteiger charge is 2.19. The molecule has 0 saturated carbocycles. The van der Waals surface area contributed by atoms with Crippen molar-refractivity contribution in [1.82, 2.24) is 0 Å². The Bertz CT molecular complexity index is 1160. The second-order valence-corrected chi connectivity index (χ2v) is 24.5. The highest BCUT2D eigenvalue weighted by molar-refractivity contribution is 5.71. The highest BCUT2D eigenvalue weighted by Crippen LogP contribution is 2.19. The third-order valence-electron chi connectivity index (χ3n) is 16.6. The standard InChI is InChI=1S/C71H138O6/c1-4-7-10-13-16-19-22-25-27-29-30-31-32-33-34-35-36-37-38-39-40-41-42-44-46-49-52-55-58-61-64-70(73)76-67-68(66-75-69(72)63-60-57-54-51-48-45-24-21-18-15-12-9-6-3)77-71(74)65-62-59-56-53-50-47-43-28-26-23-20-17-14-11-8-5-2/h68H,4-67H2,1-3H3. The monoisotopic (exact) mass is 1090 g/mol. The van der Waals surface area contributed by atoms with E-state index < -0.39 is 6.10 Å². The molecule has 1 unspecified atom stereocenters. The van der Waals surface area contributed by atoms with Crippen LogP contribution in [-0.4, -0.2) is 37.2 Å². The van der Waals surface area contributed by atoms with Crippen LogP contribution in [0.5, 0.6) is 0 Å². The van der Waals surface area contributed by atoms with Crippen LogP contribution in [0.1, 0.15) is 419 Å². The van der Waals surface area contributed by atoms with Crippen molar-refractivity contribution in [2.45, 2.75) is 425 Å². The fourth-order valence-electron chi connectivity index (χ4n) is 11.3. The van der Waals surface area contributed by atoms with E-state index in [4.69, 9.17) is 14.2 Å². The van der Waals surface area contributed by atoms with E-state index in [1.165, 1.54) is 321 Å². The Hall–Kier alpha value is -1.59. The summed E-state index contributed by atoms with van der Waals surface area (Å²) in [7, 11) is 0. The largest absolute Gasteiger partial charge is 0.462 e. The molecular formula is C71H138O6. The number of hydrogen-bond acceptors (Lipinski definition) is 6. The molecule has 458 valence electrons. The van der Waals surface area contributed by atoms with Crippen molar-refractivity contribution < 1.29 is 28.6 Å². The van der Waals surface area contributed by atoms with Gasteiger partial charge in [0.2, 0.25) is 0 Å². The number of hydrogen-bond donors (Lipinski definition) is 0. The van der Waals surface area contributed by atoms with Crippen LogP contribution in [0.3, 0.4) is 0 Å². The van der Waals surface area contributed by atoms with E-state index >= 15 is 0 Å². The third kappa shape index (κ3) is 65.1. The van der Waals surface area contributed by atoms with Crippen LogP contribution in [0.25, 0.3) is 0 Å². The molecule has 0 rings (SSSR count). The number of esters is 3. The summed E-state index contributed by atoms with van der Waals surface area (Å²) in [6.45, 7) is 6.73. The average Bonchev–Trinajstić information content (AvgIpc) is 3.43. The first-order chi connectivity index (χ1) is 38.0. The van der Waals surface area contributed by atoms with Gasteiger partial charge in [0.25, 0.3) is 0 Å². The molecule has 77 heavy (non-hydrogen) atoms. The van der Waals surface area contributed by atoms with Gasteiger partial charge in [0.05, 0.1) is 0 Å². The molecule has 0 saturated heterocycles. The summed E-state index contributed by atoms with van der Waals surface area (Å²) in [4.78, 5) is 38.3. The number of rotatable bonds is 67. The molecule has 0 aromatic carbocycles. The van der Waals surface area contributed by atoms with Gasteiger partial charge in [0.1, 0.15) is 13.2 Å². The molecule has 0 amide bonds. The minimum atomic E-state index is -0.762. The topological polar surface area (TPSA) is 78.9 Å². The van der Waals surface area contributed by atoms with Crippen molar-refractivity contribution in [2.24, 2.45) is 0 Å². The van der Waals surface area contributed by atoms with Crippen molar-refractivity contribution in [3.8, 4) is 0 Å². The van der Waals surface area contributed by atoms with E-state index in [1.54, 1.807) is 0 Å². The number of ether oxygens (including phenoxy) is 3. The van der Waals surface area contributed by atoms with Crippen LogP contribution < -0.4 is 0 Å². The molecule has 0 fully saturated rings.